The zero-order chi connectivity index (χ0) is 22.0. The molecule has 1 N–H and O–H groups in total. The molecule has 0 amide bonds. The van der Waals surface area contributed by atoms with Crippen molar-refractivity contribution in [3.63, 3.8) is 0 Å². The maximum absolute atomic E-state index is 12.2. The van der Waals surface area contributed by atoms with Gasteiger partial charge >= 0.3 is 5.97 Å². The molecular formula is C24H25N3O3S. The summed E-state index contributed by atoms with van der Waals surface area (Å²) in [5.74, 6) is 1.39. The summed E-state index contributed by atoms with van der Waals surface area (Å²) >= 11 is 5.67. The van der Waals surface area contributed by atoms with Crippen LogP contribution >= 0.6 is 12.2 Å². The molecule has 0 radical (unpaired) electrons. The Morgan fingerprint density at radius 2 is 1.97 bits per heavy atom. The Morgan fingerprint density at radius 3 is 2.68 bits per heavy atom. The summed E-state index contributed by atoms with van der Waals surface area (Å²) in [6.07, 6.45) is 1.78. The highest BCUT2D eigenvalue weighted by Gasteiger charge is 2.41. The second kappa shape index (κ2) is 8.89. The van der Waals surface area contributed by atoms with Crippen molar-refractivity contribution in [2.75, 3.05) is 13.7 Å². The van der Waals surface area contributed by atoms with Gasteiger partial charge in [-0.25, -0.2) is 4.79 Å². The van der Waals surface area contributed by atoms with Crippen molar-refractivity contribution in [1.82, 2.24) is 15.2 Å². The molecule has 0 spiro atoms. The topological polar surface area (TPSA) is 67.6 Å². The van der Waals surface area contributed by atoms with Crippen LogP contribution in [0.5, 0.6) is 0 Å². The van der Waals surface area contributed by atoms with Crippen LogP contribution in [0.3, 0.4) is 0 Å². The summed E-state index contributed by atoms with van der Waals surface area (Å²) in [6, 6.07) is 16.7. The fourth-order valence-corrected chi connectivity index (χ4v) is 4.26. The van der Waals surface area contributed by atoms with Gasteiger partial charge in [0.05, 0.1) is 24.4 Å². The van der Waals surface area contributed by atoms with Crippen molar-refractivity contribution < 1.29 is 13.9 Å². The SMILES string of the molecule is COC(=O)c1ccccc1-c1ccc([C@@H]2[C@@H](c3ccccn3)NC(=S)N2CC(C)C)o1. The minimum atomic E-state index is -0.398. The maximum Gasteiger partial charge on any atom is 0.338 e. The van der Waals surface area contributed by atoms with Gasteiger partial charge in [-0.3, -0.25) is 4.98 Å². The van der Waals surface area contributed by atoms with Crippen LogP contribution in [0.2, 0.25) is 0 Å². The molecule has 3 heterocycles. The Balaban J connectivity index is 1.75. The molecule has 0 aliphatic carbocycles. The zero-order valence-electron chi connectivity index (χ0n) is 17.7. The fraction of sp³-hybridized carbons (Fsp3) is 0.292. The van der Waals surface area contributed by atoms with Crippen LogP contribution in [-0.2, 0) is 4.74 Å². The van der Waals surface area contributed by atoms with Gasteiger partial charge < -0.3 is 19.4 Å². The van der Waals surface area contributed by atoms with Gasteiger partial charge in [-0.1, -0.05) is 38.1 Å². The first-order chi connectivity index (χ1) is 15.0. The third-order valence-corrected chi connectivity index (χ3v) is 5.63. The molecule has 0 unspecified atom stereocenters. The predicted molar refractivity (Wildman–Crippen MR) is 122 cm³/mol. The number of esters is 1. The first-order valence-electron chi connectivity index (χ1n) is 10.2. The number of carbonyl (C=O) groups excluding carboxylic acids is 1. The van der Waals surface area contributed by atoms with Crippen LogP contribution in [0.15, 0.2) is 65.2 Å². The molecule has 3 aromatic rings. The molecule has 1 aliphatic heterocycles. The molecule has 0 bridgehead atoms. The molecule has 1 fully saturated rings. The smallest absolute Gasteiger partial charge is 0.338 e. The zero-order valence-corrected chi connectivity index (χ0v) is 18.6. The average Bonchev–Trinajstić information content (AvgIpc) is 3.38. The van der Waals surface area contributed by atoms with Crippen molar-refractivity contribution in [3.8, 4) is 11.3 Å². The third kappa shape index (κ3) is 4.18. The number of aromatic nitrogens is 1. The lowest BCUT2D eigenvalue weighted by Gasteiger charge is -2.27. The number of pyridine rings is 1. The van der Waals surface area contributed by atoms with Gasteiger partial charge in [-0.2, -0.15) is 0 Å². The van der Waals surface area contributed by atoms with Gasteiger partial charge in [0.15, 0.2) is 5.11 Å². The molecule has 0 saturated carbocycles. The van der Waals surface area contributed by atoms with E-state index in [0.717, 1.165) is 18.0 Å². The van der Waals surface area contributed by atoms with E-state index in [1.807, 2.05) is 42.5 Å². The highest BCUT2D eigenvalue weighted by atomic mass is 32.1. The van der Waals surface area contributed by atoms with Crippen LogP contribution in [0.25, 0.3) is 11.3 Å². The summed E-state index contributed by atoms with van der Waals surface area (Å²) in [5, 5.41) is 4.11. The molecule has 4 rings (SSSR count). The lowest BCUT2D eigenvalue weighted by Crippen LogP contribution is -2.32. The van der Waals surface area contributed by atoms with E-state index in [2.05, 4.69) is 29.0 Å². The lowest BCUT2D eigenvalue weighted by molar-refractivity contribution is 0.0601. The number of hydrogen-bond donors (Lipinski definition) is 1. The minimum absolute atomic E-state index is 0.137. The number of nitrogens with zero attached hydrogens (tertiary/aromatic N) is 2. The van der Waals surface area contributed by atoms with E-state index in [1.165, 1.54) is 7.11 Å². The van der Waals surface area contributed by atoms with E-state index >= 15 is 0 Å². The maximum atomic E-state index is 12.2. The first-order valence-corrected chi connectivity index (χ1v) is 10.7. The lowest BCUT2D eigenvalue weighted by atomic mass is 10.0. The molecule has 2 atom stereocenters. The van der Waals surface area contributed by atoms with Crippen molar-refractivity contribution in [2.45, 2.75) is 25.9 Å². The predicted octanol–water partition coefficient (Wildman–Crippen LogP) is 4.76. The second-order valence-corrected chi connectivity index (χ2v) is 8.30. The minimum Gasteiger partial charge on any atom is -0.465 e. The first kappa shape index (κ1) is 21.1. The monoisotopic (exact) mass is 435 g/mol. The van der Waals surface area contributed by atoms with Gasteiger partial charge in [-0.05, 0) is 48.5 Å². The Bertz CT molecular complexity index is 1080. The third-order valence-electron chi connectivity index (χ3n) is 5.28. The number of thiocarbonyl (C=S) groups is 1. The Kier molecular flexibility index (Phi) is 6.04. The largest absolute Gasteiger partial charge is 0.465 e. The molecule has 6 nitrogen and oxygen atoms in total. The van der Waals surface area contributed by atoms with Crippen LogP contribution in [-0.4, -0.2) is 34.6 Å². The highest BCUT2D eigenvalue weighted by molar-refractivity contribution is 7.80. The van der Waals surface area contributed by atoms with Crippen molar-refractivity contribution in [3.05, 3.63) is 77.8 Å². The Hall–Kier alpha value is -3.19. The van der Waals surface area contributed by atoms with E-state index in [9.17, 15) is 4.79 Å². The molecule has 1 aromatic carbocycles. The van der Waals surface area contributed by atoms with Crippen LogP contribution < -0.4 is 5.32 Å². The summed E-state index contributed by atoms with van der Waals surface area (Å²) in [4.78, 5) is 18.9. The van der Waals surface area contributed by atoms with E-state index < -0.39 is 5.97 Å². The van der Waals surface area contributed by atoms with E-state index in [0.29, 0.717) is 27.9 Å². The normalized spacial score (nSPS) is 18.3. The molecule has 1 aliphatic rings. The summed E-state index contributed by atoms with van der Waals surface area (Å²) < 4.78 is 11.3. The number of hydrogen-bond acceptors (Lipinski definition) is 5. The Labute approximate surface area is 187 Å². The molecule has 2 aromatic heterocycles. The van der Waals surface area contributed by atoms with Crippen LogP contribution in [0, 0.1) is 5.92 Å². The number of furan rings is 1. The van der Waals surface area contributed by atoms with Crippen molar-refractivity contribution >= 4 is 23.3 Å². The van der Waals surface area contributed by atoms with Crippen LogP contribution in [0.1, 0.15) is 47.7 Å². The number of carbonyl (C=O) groups is 1. The summed E-state index contributed by atoms with van der Waals surface area (Å²) in [5.41, 5.74) is 2.05. The average molecular weight is 436 g/mol. The van der Waals surface area contributed by atoms with Gasteiger partial charge in [-0.15, -0.1) is 0 Å². The number of ether oxygens (including phenoxy) is 1. The highest BCUT2D eigenvalue weighted by Crippen LogP contribution is 2.41. The summed E-state index contributed by atoms with van der Waals surface area (Å²) in [6.45, 7) is 5.11. The number of rotatable bonds is 6. The van der Waals surface area contributed by atoms with Gasteiger partial charge in [0, 0.05) is 18.3 Å². The quantitative estimate of drug-likeness (QED) is 0.442. The fourth-order valence-electron chi connectivity index (χ4n) is 3.95. The second-order valence-electron chi connectivity index (χ2n) is 7.91. The Morgan fingerprint density at radius 1 is 1.19 bits per heavy atom. The van der Waals surface area contributed by atoms with Crippen molar-refractivity contribution in [1.29, 1.82) is 0 Å². The van der Waals surface area contributed by atoms with Gasteiger partial charge in [0.25, 0.3) is 0 Å². The van der Waals surface area contributed by atoms with Crippen molar-refractivity contribution in [2.24, 2.45) is 5.92 Å². The number of benzene rings is 1. The molecule has 7 heteroatoms. The molecule has 31 heavy (non-hydrogen) atoms. The molecular weight excluding hydrogens is 410 g/mol. The molecule has 160 valence electrons. The van der Waals surface area contributed by atoms with E-state index in [4.69, 9.17) is 21.4 Å². The molecule has 1 saturated heterocycles. The van der Waals surface area contributed by atoms with Gasteiger partial charge in [0.1, 0.15) is 17.6 Å². The number of methoxy groups -OCH3 is 1. The summed E-state index contributed by atoms with van der Waals surface area (Å²) in [7, 11) is 1.37. The van der Waals surface area contributed by atoms with E-state index in [1.54, 1.807) is 18.3 Å². The number of nitrogens with one attached hydrogen (secondary N) is 1. The standard InChI is InChI=1S/C24H25N3O3S/c1-15(2)14-27-22(21(26-24(27)31)18-10-6-7-13-25-18)20-12-11-19(30-20)16-8-4-5-9-17(16)23(28)29-3/h4-13,15,21-22H,14H2,1-3H3,(H,26,31)/t21-,22-/m1/s1. The van der Waals surface area contributed by atoms with Gasteiger partial charge in [0.2, 0.25) is 0 Å². The van der Waals surface area contributed by atoms with E-state index in [-0.39, 0.29) is 12.1 Å². The van der Waals surface area contributed by atoms with Crippen LogP contribution in [0.4, 0.5) is 0 Å².